The van der Waals surface area contributed by atoms with E-state index in [2.05, 4.69) is 41.4 Å². The normalized spacial score (nSPS) is 17.6. The molecular formula is C26H32N2O4. The van der Waals surface area contributed by atoms with Crippen molar-refractivity contribution in [2.24, 2.45) is 5.92 Å². The molecule has 0 radical (unpaired) electrons. The number of Topliss-reactive ketones (excluding diaryl/α,β-unsaturated/α-hetero) is 1. The third kappa shape index (κ3) is 5.30. The number of rotatable bonds is 7. The molecule has 2 heterocycles. The molecule has 0 aromatic heterocycles. The number of carbonyl (C=O) groups excluding carboxylic acids is 2. The van der Waals surface area contributed by atoms with E-state index in [4.69, 9.17) is 9.47 Å². The van der Waals surface area contributed by atoms with Crippen molar-refractivity contribution in [2.75, 3.05) is 32.8 Å². The summed E-state index contributed by atoms with van der Waals surface area (Å²) in [6, 6.07) is 13.8. The van der Waals surface area contributed by atoms with Crippen molar-refractivity contribution in [3.8, 4) is 11.5 Å². The summed E-state index contributed by atoms with van der Waals surface area (Å²) in [6.45, 7) is 7.04. The van der Waals surface area contributed by atoms with E-state index in [0.717, 1.165) is 37.9 Å². The zero-order valence-electron chi connectivity index (χ0n) is 18.9. The number of likely N-dealkylation sites (tertiary alicyclic amines) is 1. The van der Waals surface area contributed by atoms with Gasteiger partial charge < -0.3 is 14.8 Å². The zero-order valence-corrected chi connectivity index (χ0v) is 18.9. The molecule has 0 bridgehead atoms. The second-order valence-electron chi connectivity index (χ2n) is 8.66. The van der Waals surface area contributed by atoms with Crippen LogP contribution in [-0.2, 0) is 11.2 Å². The van der Waals surface area contributed by atoms with Gasteiger partial charge in [0.05, 0.1) is 12.6 Å². The Morgan fingerprint density at radius 1 is 1.03 bits per heavy atom. The Bertz CT molecular complexity index is 949. The highest BCUT2D eigenvalue weighted by Gasteiger charge is 2.28. The number of nitrogens with zero attached hydrogens (tertiary/aromatic N) is 1. The number of carbonyl (C=O) groups is 2. The lowest BCUT2D eigenvalue weighted by molar-refractivity contribution is -0.123. The third-order valence-electron chi connectivity index (χ3n) is 6.42. The molecule has 2 aliphatic rings. The first-order valence-electron chi connectivity index (χ1n) is 11.6. The van der Waals surface area contributed by atoms with Crippen LogP contribution in [0.4, 0.5) is 0 Å². The summed E-state index contributed by atoms with van der Waals surface area (Å²) in [5, 5.41) is 3.10. The molecule has 0 spiro atoms. The fourth-order valence-electron chi connectivity index (χ4n) is 4.40. The van der Waals surface area contributed by atoms with Gasteiger partial charge in [-0.2, -0.15) is 0 Å². The van der Waals surface area contributed by atoms with Gasteiger partial charge in [-0.25, -0.2) is 0 Å². The van der Waals surface area contributed by atoms with Gasteiger partial charge in [0.25, 0.3) is 0 Å². The average Bonchev–Trinajstić information content (AvgIpc) is 2.83. The van der Waals surface area contributed by atoms with Gasteiger partial charge in [-0.15, -0.1) is 0 Å². The largest absolute Gasteiger partial charge is 0.486 e. The van der Waals surface area contributed by atoms with Gasteiger partial charge >= 0.3 is 0 Å². The van der Waals surface area contributed by atoms with Crippen LogP contribution < -0.4 is 14.8 Å². The van der Waals surface area contributed by atoms with E-state index in [0.29, 0.717) is 36.8 Å². The highest BCUT2D eigenvalue weighted by Crippen LogP contribution is 2.32. The number of fused-ring (bicyclic) bond motifs is 1. The molecule has 0 aliphatic carbocycles. The quantitative estimate of drug-likeness (QED) is 0.669. The van der Waals surface area contributed by atoms with Crippen LogP contribution in [0.1, 0.15) is 54.2 Å². The second-order valence-corrected chi connectivity index (χ2v) is 8.66. The van der Waals surface area contributed by atoms with Gasteiger partial charge in [0.1, 0.15) is 13.2 Å². The highest BCUT2D eigenvalue weighted by atomic mass is 16.6. The summed E-state index contributed by atoms with van der Waals surface area (Å²) in [5.74, 6) is 1.50. The molecule has 6 heteroatoms. The molecule has 32 heavy (non-hydrogen) atoms. The summed E-state index contributed by atoms with van der Waals surface area (Å²) in [4.78, 5) is 27.6. The van der Waals surface area contributed by atoms with Crippen LogP contribution in [0, 0.1) is 5.92 Å². The number of piperidine rings is 1. The summed E-state index contributed by atoms with van der Waals surface area (Å²) in [6.07, 6.45) is 2.53. The summed E-state index contributed by atoms with van der Waals surface area (Å²) < 4.78 is 11.1. The minimum absolute atomic E-state index is 0.0205. The second kappa shape index (κ2) is 10.2. The maximum Gasteiger partial charge on any atom is 0.234 e. The SMILES string of the molecule is CCc1ccc([C@@H](C)NC(=O)CN2CCC(C(=O)c3ccc4c(c3)OCCO4)CC2)cc1. The maximum atomic E-state index is 13.0. The van der Waals surface area contributed by atoms with Gasteiger partial charge in [0.15, 0.2) is 17.3 Å². The van der Waals surface area contributed by atoms with Crippen molar-refractivity contribution < 1.29 is 19.1 Å². The van der Waals surface area contributed by atoms with Crippen LogP contribution >= 0.6 is 0 Å². The molecule has 1 amide bonds. The summed E-state index contributed by atoms with van der Waals surface area (Å²) in [7, 11) is 0. The highest BCUT2D eigenvalue weighted by molar-refractivity contribution is 5.98. The first-order valence-corrected chi connectivity index (χ1v) is 11.6. The maximum absolute atomic E-state index is 13.0. The number of ether oxygens (including phenoxy) is 2. The number of hydrogen-bond donors (Lipinski definition) is 1. The number of benzene rings is 2. The van der Waals surface area contributed by atoms with Gasteiger partial charge in [0, 0.05) is 11.5 Å². The smallest absolute Gasteiger partial charge is 0.234 e. The standard InChI is InChI=1S/C26H32N2O4/c1-3-19-4-6-20(7-5-19)18(2)27-25(29)17-28-12-10-21(11-13-28)26(30)22-8-9-23-24(16-22)32-15-14-31-23/h4-9,16,18,21H,3,10-15,17H2,1-2H3,(H,27,29)/t18-/m1/s1. The van der Waals surface area contributed by atoms with Crippen LogP contribution in [0.3, 0.4) is 0 Å². The predicted octanol–water partition coefficient (Wildman–Crippen LogP) is 3.79. The lowest BCUT2D eigenvalue weighted by atomic mass is 9.88. The lowest BCUT2D eigenvalue weighted by Gasteiger charge is -2.31. The fraction of sp³-hybridized carbons (Fsp3) is 0.462. The Balaban J connectivity index is 1.25. The topological polar surface area (TPSA) is 67.9 Å². The molecule has 170 valence electrons. The molecule has 0 saturated carbocycles. The molecule has 2 aromatic rings. The Kier molecular flexibility index (Phi) is 7.10. The van der Waals surface area contributed by atoms with E-state index in [-0.39, 0.29) is 23.7 Å². The number of aryl methyl sites for hydroxylation is 1. The fourth-order valence-corrected chi connectivity index (χ4v) is 4.40. The third-order valence-corrected chi connectivity index (χ3v) is 6.42. The van der Waals surface area contributed by atoms with Crippen LogP contribution in [0.2, 0.25) is 0 Å². The minimum atomic E-state index is -0.0252. The Hall–Kier alpha value is -2.86. The molecule has 1 fully saturated rings. The molecular weight excluding hydrogens is 404 g/mol. The van der Waals surface area contributed by atoms with Crippen molar-refractivity contribution in [3.05, 3.63) is 59.2 Å². The molecule has 1 N–H and O–H groups in total. The Labute approximate surface area is 189 Å². The van der Waals surface area contributed by atoms with Gasteiger partial charge in [-0.1, -0.05) is 31.2 Å². The van der Waals surface area contributed by atoms with Crippen molar-refractivity contribution in [3.63, 3.8) is 0 Å². The number of ketones is 1. The molecule has 1 atom stereocenters. The first-order chi connectivity index (χ1) is 15.5. The van der Waals surface area contributed by atoms with Crippen molar-refractivity contribution in [1.29, 1.82) is 0 Å². The van der Waals surface area contributed by atoms with E-state index >= 15 is 0 Å². The Morgan fingerprint density at radius 3 is 2.41 bits per heavy atom. The average molecular weight is 437 g/mol. The molecule has 2 aliphatic heterocycles. The van der Waals surface area contributed by atoms with E-state index in [1.54, 1.807) is 6.07 Å². The molecule has 2 aromatic carbocycles. The predicted molar refractivity (Wildman–Crippen MR) is 123 cm³/mol. The number of nitrogens with one attached hydrogen (secondary N) is 1. The van der Waals surface area contributed by atoms with E-state index in [9.17, 15) is 9.59 Å². The van der Waals surface area contributed by atoms with E-state index < -0.39 is 0 Å². The monoisotopic (exact) mass is 436 g/mol. The summed E-state index contributed by atoms with van der Waals surface area (Å²) in [5.41, 5.74) is 3.08. The minimum Gasteiger partial charge on any atom is -0.486 e. The van der Waals surface area contributed by atoms with Crippen LogP contribution in [0.15, 0.2) is 42.5 Å². The van der Waals surface area contributed by atoms with Gasteiger partial charge in [-0.3, -0.25) is 14.5 Å². The van der Waals surface area contributed by atoms with E-state index in [1.807, 2.05) is 19.1 Å². The number of amides is 1. The Morgan fingerprint density at radius 2 is 1.72 bits per heavy atom. The molecule has 6 nitrogen and oxygen atoms in total. The zero-order chi connectivity index (χ0) is 22.5. The molecule has 0 unspecified atom stereocenters. The van der Waals surface area contributed by atoms with E-state index in [1.165, 1.54) is 5.56 Å². The lowest BCUT2D eigenvalue weighted by Crippen LogP contribution is -2.43. The van der Waals surface area contributed by atoms with Crippen molar-refractivity contribution in [2.45, 2.75) is 39.2 Å². The molecule has 1 saturated heterocycles. The number of hydrogen-bond acceptors (Lipinski definition) is 5. The molecule has 4 rings (SSSR count). The van der Waals surface area contributed by atoms with Gasteiger partial charge in [-0.05, 0) is 68.6 Å². The van der Waals surface area contributed by atoms with Crippen molar-refractivity contribution >= 4 is 11.7 Å². The summed E-state index contributed by atoms with van der Waals surface area (Å²) >= 11 is 0. The van der Waals surface area contributed by atoms with Crippen LogP contribution in [-0.4, -0.2) is 49.4 Å². The van der Waals surface area contributed by atoms with Crippen LogP contribution in [0.5, 0.6) is 11.5 Å². The first kappa shape index (κ1) is 22.3. The van der Waals surface area contributed by atoms with Crippen LogP contribution in [0.25, 0.3) is 0 Å². The van der Waals surface area contributed by atoms with Gasteiger partial charge in [0.2, 0.25) is 5.91 Å². The van der Waals surface area contributed by atoms with Crippen molar-refractivity contribution in [1.82, 2.24) is 10.2 Å².